The van der Waals surface area contributed by atoms with Crippen LogP contribution >= 0.6 is 11.3 Å². The van der Waals surface area contributed by atoms with Crippen molar-refractivity contribution in [2.75, 3.05) is 13.2 Å². The van der Waals surface area contributed by atoms with E-state index in [1.165, 1.54) is 0 Å². The molecule has 1 aromatic heterocycles. The van der Waals surface area contributed by atoms with Gasteiger partial charge in [-0.1, -0.05) is 12.1 Å². The van der Waals surface area contributed by atoms with Crippen LogP contribution in [0.25, 0.3) is 10.2 Å². The van der Waals surface area contributed by atoms with Crippen LogP contribution < -0.4 is 5.73 Å². The molecule has 2 heterocycles. The Bertz CT molecular complexity index is 728. The lowest BCUT2D eigenvalue weighted by Crippen LogP contribution is -2.52. The topological polar surface area (TPSA) is 96.5 Å². The van der Waals surface area contributed by atoms with Crippen molar-refractivity contribution in [1.29, 1.82) is 0 Å². The fourth-order valence-electron chi connectivity index (χ4n) is 3.32. The number of nitrogens with zero attached hydrogens (tertiary/aromatic N) is 2. The van der Waals surface area contributed by atoms with Crippen molar-refractivity contribution < 1.29 is 14.7 Å². The fraction of sp³-hybridized carbons (Fsp3) is 0.444. The summed E-state index contributed by atoms with van der Waals surface area (Å²) in [6, 6.07) is 7.27. The third kappa shape index (κ3) is 4.16. The molecule has 6 nitrogen and oxygen atoms in total. The number of amides is 2. The SMILES string of the molecule is NC(=O)C1CC(CCO)CCN1C(=O)[CH]Cc1nc2ccccc2s1. The minimum absolute atomic E-state index is 0.0911. The number of piperidine rings is 1. The highest BCUT2D eigenvalue weighted by Crippen LogP contribution is 2.27. The average molecular weight is 360 g/mol. The molecule has 1 saturated heterocycles. The normalized spacial score (nSPS) is 20.8. The minimum atomic E-state index is -0.593. The van der Waals surface area contributed by atoms with Gasteiger partial charge in [-0.05, 0) is 37.3 Å². The van der Waals surface area contributed by atoms with Crippen LogP contribution in [0.3, 0.4) is 0 Å². The van der Waals surface area contributed by atoms with E-state index in [1.54, 1.807) is 22.7 Å². The number of rotatable bonds is 6. The van der Waals surface area contributed by atoms with Crippen molar-refractivity contribution in [2.45, 2.75) is 31.7 Å². The Hall–Kier alpha value is -1.99. The Morgan fingerprint density at radius 2 is 2.20 bits per heavy atom. The Morgan fingerprint density at radius 3 is 2.92 bits per heavy atom. The highest BCUT2D eigenvalue weighted by Gasteiger charge is 2.34. The molecule has 1 fully saturated rings. The molecule has 1 aliphatic rings. The molecule has 7 heteroatoms. The first-order chi connectivity index (χ1) is 12.1. The molecule has 133 valence electrons. The van der Waals surface area contributed by atoms with Gasteiger partial charge in [-0.25, -0.2) is 4.98 Å². The average Bonchev–Trinajstić information content (AvgIpc) is 3.03. The van der Waals surface area contributed by atoms with Gasteiger partial charge >= 0.3 is 0 Å². The number of likely N-dealkylation sites (tertiary alicyclic amines) is 1. The molecule has 0 aliphatic carbocycles. The summed E-state index contributed by atoms with van der Waals surface area (Å²) >= 11 is 1.57. The van der Waals surface area contributed by atoms with Crippen molar-refractivity contribution in [1.82, 2.24) is 9.88 Å². The van der Waals surface area contributed by atoms with Crippen LogP contribution in [0.5, 0.6) is 0 Å². The summed E-state index contributed by atoms with van der Waals surface area (Å²) < 4.78 is 1.10. The number of hydrogen-bond acceptors (Lipinski definition) is 5. The number of hydrogen-bond donors (Lipinski definition) is 2. The van der Waals surface area contributed by atoms with Gasteiger partial charge in [0.15, 0.2) is 0 Å². The van der Waals surface area contributed by atoms with Crippen LogP contribution in [0.4, 0.5) is 0 Å². The Morgan fingerprint density at radius 1 is 1.40 bits per heavy atom. The van der Waals surface area contributed by atoms with E-state index in [2.05, 4.69) is 4.98 Å². The van der Waals surface area contributed by atoms with Crippen LogP contribution in [0.1, 0.15) is 24.3 Å². The molecule has 0 saturated carbocycles. The second-order valence-electron chi connectivity index (χ2n) is 6.34. The highest BCUT2D eigenvalue weighted by atomic mass is 32.1. The maximum Gasteiger partial charge on any atom is 0.240 e. The summed E-state index contributed by atoms with van der Waals surface area (Å²) in [5, 5.41) is 9.96. The number of benzene rings is 1. The van der Waals surface area contributed by atoms with Gasteiger partial charge in [-0.2, -0.15) is 0 Å². The molecule has 1 aromatic carbocycles. The highest BCUT2D eigenvalue weighted by molar-refractivity contribution is 7.18. The molecule has 1 aliphatic heterocycles. The summed E-state index contributed by atoms with van der Waals surface area (Å²) in [5.74, 6) is -0.425. The zero-order valence-corrected chi connectivity index (χ0v) is 14.7. The number of aliphatic hydroxyl groups is 1. The fourth-order valence-corrected chi connectivity index (χ4v) is 4.25. The zero-order chi connectivity index (χ0) is 17.8. The lowest BCUT2D eigenvalue weighted by Gasteiger charge is -2.37. The first-order valence-electron chi connectivity index (χ1n) is 8.47. The van der Waals surface area contributed by atoms with Gasteiger partial charge in [0.05, 0.1) is 21.6 Å². The molecule has 3 N–H and O–H groups in total. The van der Waals surface area contributed by atoms with Crippen LogP contribution in [0.15, 0.2) is 24.3 Å². The number of aromatic nitrogens is 1. The minimum Gasteiger partial charge on any atom is -0.396 e. The first kappa shape index (κ1) is 17.8. The number of para-hydroxylation sites is 1. The number of nitrogens with two attached hydrogens (primary N) is 1. The second kappa shape index (κ2) is 7.93. The number of primary amides is 1. The molecule has 2 atom stereocenters. The number of fused-ring (bicyclic) bond motifs is 1. The molecule has 3 rings (SSSR count). The molecular weight excluding hydrogens is 338 g/mol. The third-order valence-electron chi connectivity index (χ3n) is 4.65. The summed E-state index contributed by atoms with van der Waals surface area (Å²) in [6.45, 7) is 0.585. The quantitative estimate of drug-likeness (QED) is 0.816. The van der Waals surface area contributed by atoms with Gasteiger partial charge in [0.2, 0.25) is 11.8 Å². The van der Waals surface area contributed by atoms with Gasteiger partial charge in [0, 0.05) is 19.6 Å². The van der Waals surface area contributed by atoms with E-state index in [-0.39, 0.29) is 18.4 Å². The van der Waals surface area contributed by atoms with Crippen LogP contribution in [-0.2, 0) is 16.0 Å². The smallest absolute Gasteiger partial charge is 0.240 e. The molecule has 0 spiro atoms. The van der Waals surface area contributed by atoms with E-state index in [0.29, 0.717) is 25.8 Å². The van der Waals surface area contributed by atoms with Crippen molar-refractivity contribution in [3.05, 3.63) is 35.7 Å². The lowest BCUT2D eigenvalue weighted by molar-refractivity contribution is -0.139. The van der Waals surface area contributed by atoms with E-state index in [4.69, 9.17) is 10.8 Å². The lowest BCUT2D eigenvalue weighted by atomic mass is 9.88. The summed E-state index contributed by atoms with van der Waals surface area (Å²) in [7, 11) is 0. The molecule has 2 aromatic rings. The van der Waals surface area contributed by atoms with E-state index < -0.39 is 11.9 Å². The van der Waals surface area contributed by atoms with Gasteiger partial charge < -0.3 is 15.7 Å². The molecule has 2 unspecified atom stereocenters. The van der Waals surface area contributed by atoms with E-state index >= 15 is 0 Å². The van der Waals surface area contributed by atoms with Gasteiger partial charge in [0.1, 0.15) is 6.04 Å². The third-order valence-corrected chi connectivity index (χ3v) is 5.71. The number of aliphatic hydroxyl groups excluding tert-OH is 1. The standard InChI is InChI=1S/C18H22N3O3S/c19-18(24)14-11-12(8-10-22)7-9-21(14)17(23)6-5-16-20-13-3-1-2-4-15(13)25-16/h1-4,6,12,14,22H,5,7-11H2,(H2,19,24). The molecule has 2 amide bonds. The number of carbonyl (C=O) groups is 2. The summed E-state index contributed by atoms with van der Waals surface area (Å²) in [6.07, 6.45) is 3.98. The Kier molecular flexibility index (Phi) is 5.65. The number of carbonyl (C=O) groups excluding carboxylic acids is 2. The predicted octanol–water partition coefficient (Wildman–Crippen LogP) is 1.52. The monoisotopic (exact) mass is 360 g/mol. The van der Waals surface area contributed by atoms with Crippen molar-refractivity contribution >= 4 is 33.4 Å². The van der Waals surface area contributed by atoms with Crippen molar-refractivity contribution in [2.24, 2.45) is 11.7 Å². The van der Waals surface area contributed by atoms with Crippen molar-refractivity contribution in [3.63, 3.8) is 0 Å². The van der Waals surface area contributed by atoms with Crippen LogP contribution in [-0.4, -0.2) is 46.0 Å². The largest absolute Gasteiger partial charge is 0.396 e. The Labute approximate surface area is 150 Å². The molecule has 1 radical (unpaired) electrons. The zero-order valence-electron chi connectivity index (χ0n) is 13.9. The Balaban J connectivity index is 1.62. The second-order valence-corrected chi connectivity index (χ2v) is 7.45. The molecular formula is C18H22N3O3S. The maximum absolute atomic E-state index is 12.6. The predicted molar refractivity (Wildman–Crippen MR) is 96.7 cm³/mol. The summed E-state index contributed by atoms with van der Waals surface area (Å²) in [4.78, 5) is 30.4. The molecule has 0 bridgehead atoms. The van der Waals surface area contributed by atoms with Gasteiger partial charge in [-0.15, -0.1) is 11.3 Å². The molecule has 25 heavy (non-hydrogen) atoms. The van der Waals surface area contributed by atoms with Gasteiger partial charge in [-0.3, -0.25) is 9.59 Å². The van der Waals surface area contributed by atoms with E-state index in [0.717, 1.165) is 21.6 Å². The van der Waals surface area contributed by atoms with Crippen molar-refractivity contribution in [3.8, 4) is 0 Å². The first-order valence-corrected chi connectivity index (χ1v) is 9.28. The van der Waals surface area contributed by atoms with E-state index in [1.807, 2.05) is 24.3 Å². The van der Waals surface area contributed by atoms with E-state index in [9.17, 15) is 9.59 Å². The van der Waals surface area contributed by atoms with Gasteiger partial charge in [0.25, 0.3) is 0 Å². The number of thiazole rings is 1. The summed E-state index contributed by atoms with van der Waals surface area (Å²) in [5.41, 5.74) is 6.43. The van der Waals surface area contributed by atoms with Crippen LogP contribution in [0.2, 0.25) is 0 Å². The van der Waals surface area contributed by atoms with Crippen LogP contribution in [0, 0.1) is 12.3 Å². The maximum atomic E-state index is 12.6.